The number of benzene rings is 1. The SMILES string of the molecule is COc1nccc(Sc2ccc(N3CCC4(CC3)Cc3ccc(Br)cc3[C@H]4N)n(C)c2=O)c1Cl. The molecule has 3 heterocycles. The summed E-state index contributed by atoms with van der Waals surface area (Å²) in [5, 5.41) is 0.406. The first-order valence-corrected chi connectivity index (χ1v) is 13.2. The van der Waals surface area contributed by atoms with Crippen molar-refractivity contribution in [1.82, 2.24) is 9.55 Å². The van der Waals surface area contributed by atoms with Gasteiger partial charge in [0, 0.05) is 41.7 Å². The van der Waals surface area contributed by atoms with E-state index in [1.807, 2.05) is 19.2 Å². The summed E-state index contributed by atoms with van der Waals surface area (Å²) in [7, 11) is 3.35. The Morgan fingerprint density at radius 1 is 1.21 bits per heavy atom. The highest BCUT2D eigenvalue weighted by Crippen LogP contribution is 2.51. The van der Waals surface area contributed by atoms with Crippen molar-refractivity contribution in [3.05, 3.63) is 73.6 Å². The molecule has 1 saturated heterocycles. The minimum atomic E-state index is -0.0514. The van der Waals surface area contributed by atoms with E-state index >= 15 is 0 Å². The standard InChI is InChI=1S/C25H26BrClN4O2S/c1-30-20(6-5-19(24(30)32)34-18-7-10-29-23(33-2)21(18)27)31-11-8-25(9-12-31)14-15-3-4-16(26)13-17(15)22(25)28/h3-7,10,13,22H,8-9,11-12,14,28H2,1-2H3/t22-/m1/s1. The Morgan fingerprint density at radius 2 is 1.97 bits per heavy atom. The second-order valence-electron chi connectivity index (χ2n) is 9.00. The smallest absolute Gasteiger partial charge is 0.265 e. The van der Waals surface area contributed by atoms with E-state index in [1.54, 1.807) is 16.8 Å². The van der Waals surface area contributed by atoms with Crippen LogP contribution < -0.4 is 20.9 Å². The number of anilines is 1. The summed E-state index contributed by atoms with van der Waals surface area (Å²) in [4.78, 5) is 20.9. The zero-order chi connectivity index (χ0) is 24.0. The number of rotatable bonds is 4. The van der Waals surface area contributed by atoms with Crippen LogP contribution in [-0.2, 0) is 13.5 Å². The van der Waals surface area contributed by atoms with Crippen LogP contribution in [0, 0.1) is 5.41 Å². The van der Waals surface area contributed by atoms with E-state index in [1.165, 1.54) is 30.0 Å². The molecule has 2 aliphatic rings. The molecule has 178 valence electrons. The van der Waals surface area contributed by atoms with Crippen molar-refractivity contribution < 1.29 is 4.74 Å². The molecule has 6 nitrogen and oxygen atoms in total. The quantitative estimate of drug-likeness (QED) is 0.472. The van der Waals surface area contributed by atoms with Crippen molar-refractivity contribution >= 4 is 45.1 Å². The van der Waals surface area contributed by atoms with E-state index in [9.17, 15) is 4.79 Å². The predicted octanol–water partition coefficient (Wildman–Crippen LogP) is 5.20. The minimum Gasteiger partial charge on any atom is -0.480 e. The average molecular weight is 562 g/mol. The molecule has 2 aromatic heterocycles. The second-order valence-corrected chi connectivity index (χ2v) is 11.4. The zero-order valence-electron chi connectivity index (χ0n) is 19.1. The van der Waals surface area contributed by atoms with Crippen molar-refractivity contribution in [3.63, 3.8) is 0 Å². The van der Waals surface area contributed by atoms with Crippen LogP contribution in [0.5, 0.6) is 5.88 Å². The van der Waals surface area contributed by atoms with E-state index < -0.39 is 0 Å². The summed E-state index contributed by atoms with van der Waals surface area (Å²) in [5.41, 5.74) is 9.44. The Balaban J connectivity index is 1.34. The molecule has 0 bridgehead atoms. The molecule has 3 aromatic rings. The van der Waals surface area contributed by atoms with Gasteiger partial charge in [-0.1, -0.05) is 45.4 Å². The number of halogens is 2. The molecule has 0 radical (unpaired) electrons. The van der Waals surface area contributed by atoms with E-state index in [-0.39, 0.29) is 17.0 Å². The summed E-state index contributed by atoms with van der Waals surface area (Å²) in [6, 6.07) is 12.2. The van der Waals surface area contributed by atoms with Crippen LogP contribution in [-0.4, -0.2) is 29.8 Å². The molecule has 0 unspecified atom stereocenters. The van der Waals surface area contributed by atoms with Crippen LogP contribution in [0.15, 0.2) is 61.7 Å². The number of hydrogen-bond donors (Lipinski definition) is 1. The largest absolute Gasteiger partial charge is 0.480 e. The second kappa shape index (κ2) is 9.22. The van der Waals surface area contributed by atoms with Gasteiger partial charge in [0.05, 0.1) is 12.0 Å². The van der Waals surface area contributed by atoms with E-state index in [0.29, 0.717) is 15.8 Å². The molecule has 2 N–H and O–H groups in total. The first kappa shape index (κ1) is 23.7. The lowest BCUT2D eigenvalue weighted by Crippen LogP contribution is -2.45. The fourth-order valence-corrected chi connectivity index (χ4v) is 6.84. The molecule has 1 aliphatic heterocycles. The summed E-state index contributed by atoms with van der Waals surface area (Å²) < 4.78 is 8.00. The van der Waals surface area contributed by atoms with Crippen molar-refractivity contribution in [1.29, 1.82) is 0 Å². The van der Waals surface area contributed by atoms with Gasteiger partial charge in [0.1, 0.15) is 10.8 Å². The maximum absolute atomic E-state index is 13.2. The van der Waals surface area contributed by atoms with Crippen LogP contribution in [0.1, 0.15) is 30.0 Å². The normalized spacial score (nSPS) is 18.9. The third-order valence-electron chi connectivity index (χ3n) is 7.21. The zero-order valence-corrected chi connectivity index (χ0v) is 22.2. The molecular weight excluding hydrogens is 536 g/mol. The van der Waals surface area contributed by atoms with Gasteiger partial charge < -0.3 is 15.4 Å². The summed E-state index contributed by atoms with van der Waals surface area (Å²) in [6.45, 7) is 1.74. The molecule has 1 spiro atoms. The summed E-state index contributed by atoms with van der Waals surface area (Å²) in [5.74, 6) is 1.27. The number of piperidine rings is 1. The van der Waals surface area contributed by atoms with Gasteiger partial charge in [-0.15, -0.1) is 0 Å². The average Bonchev–Trinajstić information content (AvgIpc) is 3.10. The molecule has 1 fully saturated rings. The Kier molecular flexibility index (Phi) is 6.44. The topological polar surface area (TPSA) is 73.4 Å². The molecule has 1 aromatic carbocycles. The third kappa shape index (κ3) is 4.04. The Bertz CT molecular complexity index is 1310. The summed E-state index contributed by atoms with van der Waals surface area (Å²) >= 11 is 11.3. The number of hydrogen-bond acceptors (Lipinski definition) is 6. The number of nitrogens with two attached hydrogens (primary N) is 1. The maximum atomic E-state index is 13.2. The molecule has 1 atom stereocenters. The molecular formula is C25H26BrClN4O2S. The number of methoxy groups -OCH3 is 1. The van der Waals surface area contributed by atoms with Crippen molar-refractivity contribution in [3.8, 4) is 5.88 Å². The van der Waals surface area contributed by atoms with Gasteiger partial charge in [-0.2, -0.15) is 0 Å². The third-order valence-corrected chi connectivity index (χ3v) is 9.27. The lowest BCUT2D eigenvalue weighted by Gasteiger charge is -2.43. The molecule has 0 amide bonds. The first-order chi connectivity index (χ1) is 16.3. The van der Waals surface area contributed by atoms with Crippen LogP contribution in [0.4, 0.5) is 5.82 Å². The molecule has 0 saturated carbocycles. The lowest BCUT2D eigenvalue weighted by atomic mass is 9.73. The van der Waals surface area contributed by atoms with Gasteiger partial charge in [0.15, 0.2) is 0 Å². The number of fused-ring (bicyclic) bond motifs is 1. The van der Waals surface area contributed by atoms with E-state index in [0.717, 1.165) is 47.5 Å². The van der Waals surface area contributed by atoms with E-state index in [2.05, 4.69) is 44.0 Å². The fourth-order valence-electron chi connectivity index (χ4n) is 5.25. The fraction of sp³-hybridized carbons (Fsp3) is 0.360. The maximum Gasteiger partial charge on any atom is 0.265 e. The molecule has 34 heavy (non-hydrogen) atoms. The predicted molar refractivity (Wildman–Crippen MR) is 140 cm³/mol. The monoisotopic (exact) mass is 560 g/mol. The number of aromatic nitrogens is 2. The van der Waals surface area contributed by atoms with Crippen molar-refractivity contribution in [2.45, 2.75) is 35.1 Å². The Morgan fingerprint density at radius 3 is 2.71 bits per heavy atom. The molecule has 1 aliphatic carbocycles. The Hall–Kier alpha value is -2.00. The number of ether oxygens (including phenoxy) is 1. The van der Waals surface area contributed by atoms with E-state index in [4.69, 9.17) is 22.1 Å². The van der Waals surface area contributed by atoms with Gasteiger partial charge in [-0.05, 0) is 66.1 Å². The highest BCUT2D eigenvalue weighted by molar-refractivity contribution is 9.10. The molecule has 9 heteroatoms. The lowest BCUT2D eigenvalue weighted by molar-refractivity contribution is 0.187. The van der Waals surface area contributed by atoms with Gasteiger partial charge in [0.25, 0.3) is 5.56 Å². The van der Waals surface area contributed by atoms with Gasteiger partial charge in [0.2, 0.25) is 5.88 Å². The van der Waals surface area contributed by atoms with Crippen LogP contribution in [0.25, 0.3) is 0 Å². The van der Waals surface area contributed by atoms with Crippen LogP contribution in [0.3, 0.4) is 0 Å². The van der Waals surface area contributed by atoms with Gasteiger partial charge >= 0.3 is 0 Å². The van der Waals surface area contributed by atoms with Gasteiger partial charge in [-0.3, -0.25) is 9.36 Å². The molecule has 5 rings (SSSR count). The first-order valence-electron chi connectivity index (χ1n) is 11.2. The number of nitrogens with zero attached hydrogens (tertiary/aromatic N) is 3. The van der Waals surface area contributed by atoms with Crippen molar-refractivity contribution in [2.24, 2.45) is 18.2 Å². The van der Waals surface area contributed by atoms with Crippen LogP contribution in [0.2, 0.25) is 5.02 Å². The highest BCUT2D eigenvalue weighted by atomic mass is 79.9. The number of pyridine rings is 2. The van der Waals surface area contributed by atoms with Crippen molar-refractivity contribution in [2.75, 3.05) is 25.1 Å². The Labute approximate surface area is 216 Å². The highest BCUT2D eigenvalue weighted by Gasteiger charge is 2.46. The minimum absolute atomic E-state index is 0.0480. The summed E-state index contributed by atoms with van der Waals surface area (Å²) in [6.07, 6.45) is 4.64. The van der Waals surface area contributed by atoms with Gasteiger partial charge in [-0.25, -0.2) is 4.98 Å². The van der Waals surface area contributed by atoms with Crippen LogP contribution >= 0.6 is 39.3 Å².